The number of piperidine rings is 1. The second-order valence-electron chi connectivity index (χ2n) is 7.49. The summed E-state index contributed by atoms with van der Waals surface area (Å²) in [5, 5.41) is 1.37. The highest BCUT2D eigenvalue weighted by Crippen LogP contribution is 2.27. The second-order valence-corrected chi connectivity index (χ2v) is 7.49. The summed E-state index contributed by atoms with van der Waals surface area (Å²) in [6, 6.07) is 8.56. The van der Waals surface area contributed by atoms with Gasteiger partial charge in [-0.15, -0.1) is 0 Å². The van der Waals surface area contributed by atoms with Gasteiger partial charge < -0.3 is 9.88 Å². The third-order valence-corrected chi connectivity index (χ3v) is 5.61. The van der Waals surface area contributed by atoms with Gasteiger partial charge in [-0.05, 0) is 36.8 Å². The lowest BCUT2D eigenvalue weighted by Gasteiger charge is -2.32. The summed E-state index contributed by atoms with van der Waals surface area (Å²) in [7, 11) is 0. The Morgan fingerprint density at radius 2 is 2.17 bits per heavy atom. The number of carbonyl (C=O) groups is 1. The Hall–Kier alpha value is -1.81. The van der Waals surface area contributed by atoms with Gasteiger partial charge in [0.1, 0.15) is 0 Å². The predicted octanol–water partition coefficient (Wildman–Crippen LogP) is 3.17. The number of aromatic nitrogens is 1. The lowest BCUT2D eigenvalue weighted by molar-refractivity contribution is -0.133. The van der Waals surface area contributed by atoms with Gasteiger partial charge in [-0.25, -0.2) is 0 Å². The maximum Gasteiger partial charge on any atom is 0.223 e. The van der Waals surface area contributed by atoms with Crippen molar-refractivity contribution < 1.29 is 4.79 Å². The first kappa shape index (κ1) is 15.7. The fourth-order valence-corrected chi connectivity index (χ4v) is 4.27. The number of likely N-dealkylation sites (tertiary alicyclic amines) is 1. The Morgan fingerprint density at radius 1 is 1.29 bits per heavy atom. The van der Waals surface area contributed by atoms with Crippen LogP contribution in [0.5, 0.6) is 0 Å². The number of fused-ring (bicyclic) bond motifs is 3. The Labute approximate surface area is 143 Å². The molecule has 2 aromatic rings. The van der Waals surface area contributed by atoms with E-state index in [0.717, 1.165) is 45.6 Å². The van der Waals surface area contributed by atoms with Crippen LogP contribution in [0.1, 0.15) is 37.4 Å². The third kappa shape index (κ3) is 3.07. The SMILES string of the molecule is CC1CCCN(C(=O)CCN2CCc3c([nH]c4ccccc34)C2)C1. The molecule has 1 fully saturated rings. The summed E-state index contributed by atoms with van der Waals surface area (Å²) >= 11 is 0. The predicted molar refractivity (Wildman–Crippen MR) is 96.9 cm³/mol. The minimum absolute atomic E-state index is 0.337. The zero-order valence-electron chi connectivity index (χ0n) is 14.6. The summed E-state index contributed by atoms with van der Waals surface area (Å²) in [6.07, 6.45) is 4.16. The van der Waals surface area contributed by atoms with Gasteiger partial charge in [0, 0.05) is 55.7 Å². The molecule has 1 aromatic carbocycles. The molecule has 128 valence electrons. The first-order valence-corrected chi connectivity index (χ1v) is 9.29. The van der Waals surface area contributed by atoms with E-state index in [1.54, 1.807) is 0 Å². The average Bonchev–Trinajstić information content (AvgIpc) is 2.97. The van der Waals surface area contributed by atoms with E-state index in [-0.39, 0.29) is 0 Å². The molecule has 0 bridgehead atoms. The molecule has 1 saturated heterocycles. The number of amides is 1. The van der Waals surface area contributed by atoms with Gasteiger partial charge in [0.15, 0.2) is 0 Å². The first-order valence-electron chi connectivity index (χ1n) is 9.29. The molecule has 2 aliphatic rings. The molecule has 4 nitrogen and oxygen atoms in total. The molecule has 0 saturated carbocycles. The van der Waals surface area contributed by atoms with Crippen molar-refractivity contribution in [3.8, 4) is 0 Å². The van der Waals surface area contributed by atoms with Gasteiger partial charge in [-0.1, -0.05) is 25.1 Å². The van der Waals surface area contributed by atoms with Crippen molar-refractivity contribution in [1.82, 2.24) is 14.8 Å². The van der Waals surface area contributed by atoms with E-state index in [2.05, 4.69) is 46.0 Å². The van der Waals surface area contributed by atoms with Gasteiger partial charge >= 0.3 is 0 Å². The van der Waals surface area contributed by atoms with Crippen molar-refractivity contribution in [2.24, 2.45) is 5.92 Å². The largest absolute Gasteiger partial charge is 0.357 e. The lowest BCUT2D eigenvalue weighted by Crippen LogP contribution is -2.41. The molecular weight excluding hydrogens is 298 g/mol. The van der Waals surface area contributed by atoms with Crippen molar-refractivity contribution in [2.45, 2.75) is 39.2 Å². The van der Waals surface area contributed by atoms with Gasteiger partial charge in [-0.2, -0.15) is 0 Å². The Morgan fingerprint density at radius 3 is 3.04 bits per heavy atom. The lowest BCUT2D eigenvalue weighted by atomic mass is 10.00. The van der Waals surface area contributed by atoms with E-state index >= 15 is 0 Å². The van der Waals surface area contributed by atoms with E-state index < -0.39 is 0 Å². The summed E-state index contributed by atoms with van der Waals surface area (Å²) in [6.45, 7) is 7.02. The summed E-state index contributed by atoms with van der Waals surface area (Å²) in [5.41, 5.74) is 4.04. The molecule has 0 spiro atoms. The Kier molecular flexibility index (Phi) is 4.31. The van der Waals surface area contributed by atoms with E-state index in [0.29, 0.717) is 18.2 Å². The van der Waals surface area contributed by atoms with Gasteiger partial charge in [0.05, 0.1) is 0 Å². The molecule has 2 aliphatic heterocycles. The molecule has 1 amide bonds. The van der Waals surface area contributed by atoms with E-state index in [4.69, 9.17) is 0 Å². The van der Waals surface area contributed by atoms with Crippen LogP contribution in [0.4, 0.5) is 0 Å². The van der Waals surface area contributed by atoms with Gasteiger partial charge in [0.2, 0.25) is 5.91 Å². The minimum Gasteiger partial charge on any atom is -0.357 e. The highest BCUT2D eigenvalue weighted by atomic mass is 16.2. The molecule has 1 N–H and O–H groups in total. The van der Waals surface area contributed by atoms with Crippen LogP contribution < -0.4 is 0 Å². The van der Waals surface area contributed by atoms with Crippen molar-refractivity contribution in [3.05, 3.63) is 35.5 Å². The van der Waals surface area contributed by atoms with Crippen LogP contribution in [0.25, 0.3) is 10.9 Å². The number of nitrogens with zero attached hydrogens (tertiary/aromatic N) is 2. The normalized spacial score (nSPS) is 21.9. The summed E-state index contributed by atoms with van der Waals surface area (Å²) < 4.78 is 0. The standard InChI is InChI=1S/C20H27N3O/c1-15-5-4-10-23(13-15)20(24)9-12-22-11-8-17-16-6-2-3-7-18(16)21-19(17)14-22/h2-3,6-7,15,21H,4-5,8-14H2,1H3. The van der Waals surface area contributed by atoms with Crippen LogP contribution >= 0.6 is 0 Å². The highest BCUT2D eigenvalue weighted by molar-refractivity contribution is 5.84. The zero-order valence-corrected chi connectivity index (χ0v) is 14.6. The number of hydrogen-bond acceptors (Lipinski definition) is 2. The molecule has 1 unspecified atom stereocenters. The van der Waals surface area contributed by atoms with Crippen LogP contribution in [-0.2, 0) is 17.8 Å². The molecule has 24 heavy (non-hydrogen) atoms. The number of para-hydroxylation sites is 1. The number of hydrogen-bond donors (Lipinski definition) is 1. The monoisotopic (exact) mass is 325 g/mol. The van der Waals surface area contributed by atoms with Gasteiger partial charge in [-0.3, -0.25) is 9.69 Å². The van der Waals surface area contributed by atoms with Crippen LogP contribution in [0.3, 0.4) is 0 Å². The molecule has 1 aromatic heterocycles. The summed E-state index contributed by atoms with van der Waals surface area (Å²) in [4.78, 5) is 20.5. The first-order chi connectivity index (χ1) is 11.7. The van der Waals surface area contributed by atoms with Gasteiger partial charge in [0.25, 0.3) is 0 Å². The fourth-order valence-electron chi connectivity index (χ4n) is 4.27. The maximum absolute atomic E-state index is 12.5. The molecule has 3 heterocycles. The molecule has 0 radical (unpaired) electrons. The van der Waals surface area contributed by atoms with Crippen LogP contribution in [0, 0.1) is 5.92 Å². The number of aromatic amines is 1. The fraction of sp³-hybridized carbons (Fsp3) is 0.550. The highest BCUT2D eigenvalue weighted by Gasteiger charge is 2.23. The van der Waals surface area contributed by atoms with Crippen LogP contribution in [0.15, 0.2) is 24.3 Å². The molecule has 1 atom stereocenters. The van der Waals surface area contributed by atoms with E-state index in [1.807, 2.05) is 0 Å². The molecule has 0 aliphatic carbocycles. The van der Waals surface area contributed by atoms with Crippen molar-refractivity contribution in [1.29, 1.82) is 0 Å². The Balaban J connectivity index is 1.36. The molecular formula is C20H27N3O. The smallest absolute Gasteiger partial charge is 0.223 e. The van der Waals surface area contributed by atoms with Crippen molar-refractivity contribution in [2.75, 3.05) is 26.2 Å². The van der Waals surface area contributed by atoms with E-state index in [9.17, 15) is 4.79 Å². The molecule has 4 rings (SSSR count). The number of rotatable bonds is 3. The maximum atomic E-state index is 12.5. The van der Waals surface area contributed by atoms with Crippen LogP contribution in [0.2, 0.25) is 0 Å². The second kappa shape index (κ2) is 6.60. The van der Waals surface area contributed by atoms with Crippen LogP contribution in [-0.4, -0.2) is 46.9 Å². The minimum atomic E-state index is 0.337. The number of benzene rings is 1. The van der Waals surface area contributed by atoms with Crippen molar-refractivity contribution in [3.63, 3.8) is 0 Å². The van der Waals surface area contributed by atoms with E-state index in [1.165, 1.54) is 28.6 Å². The number of H-pyrrole nitrogens is 1. The molecule has 4 heteroatoms. The third-order valence-electron chi connectivity index (χ3n) is 5.61. The number of carbonyl (C=O) groups excluding carboxylic acids is 1. The Bertz CT molecular complexity index is 736. The summed E-state index contributed by atoms with van der Waals surface area (Å²) in [5.74, 6) is 0.996. The number of nitrogens with one attached hydrogen (secondary N) is 1. The van der Waals surface area contributed by atoms with Crippen molar-refractivity contribution >= 4 is 16.8 Å². The zero-order chi connectivity index (χ0) is 16.5. The quantitative estimate of drug-likeness (QED) is 0.941. The average molecular weight is 325 g/mol. The topological polar surface area (TPSA) is 39.3 Å².